The molecule has 0 aliphatic carbocycles. The Morgan fingerprint density at radius 1 is 1.10 bits per heavy atom. The number of ether oxygens (including phenoxy) is 1. The van der Waals surface area contributed by atoms with Crippen LogP contribution in [0.5, 0.6) is 0 Å². The maximum Gasteiger partial charge on any atom is 0.308 e. The molecule has 2 aromatic carbocycles. The smallest absolute Gasteiger partial charge is 0.308 e. The number of carbonyl (C=O) groups excluding carboxylic acids is 1. The molecule has 106 valence electrons. The molecule has 3 nitrogen and oxygen atoms in total. The van der Waals surface area contributed by atoms with E-state index in [2.05, 4.69) is 23.5 Å². The van der Waals surface area contributed by atoms with E-state index in [-0.39, 0.29) is 5.97 Å². The summed E-state index contributed by atoms with van der Waals surface area (Å²) in [5, 5.41) is 5.66. The van der Waals surface area contributed by atoms with E-state index in [4.69, 9.17) is 4.74 Å². The Bertz CT molecular complexity index is 594. The molecule has 0 amide bonds. The van der Waals surface area contributed by atoms with Crippen LogP contribution in [0.15, 0.2) is 42.5 Å². The molecule has 0 aliphatic rings. The third kappa shape index (κ3) is 3.98. The first-order chi connectivity index (χ1) is 9.46. The summed E-state index contributed by atoms with van der Waals surface area (Å²) in [5.41, 5.74) is 0.628. The van der Waals surface area contributed by atoms with Crippen molar-refractivity contribution in [2.75, 3.05) is 11.9 Å². The molecule has 0 bridgehead atoms. The number of carbonyl (C=O) groups is 1. The van der Waals surface area contributed by atoms with Gasteiger partial charge in [-0.05, 0) is 32.2 Å². The minimum absolute atomic E-state index is 0.176. The monoisotopic (exact) mass is 271 g/mol. The minimum Gasteiger partial charge on any atom is -0.460 e. The molecule has 0 heterocycles. The quantitative estimate of drug-likeness (QED) is 0.855. The summed E-state index contributed by atoms with van der Waals surface area (Å²) in [4.78, 5) is 11.7. The number of rotatable bonds is 4. The van der Waals surface area contributed by atoms with Gasteiger partial charge >= 0.3 is 5.97 Å². The van der Waals surface area contributed by atoms with Crippen LogP contribution in [0.4, 0.5) is 5.69 Å². The van der Waals surface area contributed by atoms with Gasteiger partial charge in [0.2, 0.25) is 0 Å². The van der Waals surface area contributed by atoms with Gasteiger partial charge in [-0.25, -0.2) is 0 Å². The highest BCUT2D eigenvalue weighted by Crippen LogP contribution is 2.22. The molecular weight excluding hydrogens is 250 g/mol. The predicted molar refractivity (Wildman–Crippen MR) is 82.9 cm³/mol. The first-order valence-electron chi connectivity index (χ1n) is 6.89. The second-order valence-electron chi connectivity index (χ2n) is 5.79. The fourth-order valence-electron chi connectivity index (χ4n) is 2.07. The van der Waals surface area contributed by atoms with Crippen LogP contribution in [-0.4, -0.2) is 18.1 Å². The van der Waals surface area contributed by atoms with Crippen LogP contribution in [0.3, 0.4) is 0 Å². The van der Waals surface area contributed by atoms with E-state index in [1.54, 1.807) is 0 Å². The highest BCUT2D eigenvalue weighted by atomic mass is 16.6. The average molecular weight is 271 g/mol. The van der Waals surface area contributed by atoms with Gasteiger partial charge in [-0.3, -0.25) is 4.79 Å². The summed E-state index contributed by atoms with van der Waals surface area (Å²) >= 11 is 0. The summed E-state index contributed by atoms with van der Waals surface area (Å²) in [6.45, 7) is 6.21. The molecule has 0 saturated heterocycles. The Hall–Kier alpha value is -2.03. The zero-order valence-electron chi connectivity index (χ0n) is 12.3. The molecular formula is C17H21NO2. The summed E-state index contributed by atoms with van der Waals surface area (Å²) in [6.07, 6.45) is 0.362. The molecule has 0 unspecified atom stereocenters. The van der Waals surface area contributed by atoms with E-state index >= 15 is 0 Å². The predicted octanol–water partition coefficient (Wildman–Crippen LogP) is 3.98. The molecule has 0 fully saturated rings. The van der Waals surface area contributed by atoms with Crippen molar-refractivity contribution in [3.8, 4) is 0 Å². The Labute approximate surface area is 119 Å². The van der Waals surface area contributed by atoms with Gasteiger partial charge in [0.15, 0.2) is 0 Å². The lowest BCUT2D eigenvalue weighted by Crippen LogP contribution is -2.25. The summed E-state index contributed by atoms with van der Waals surface area (Å²) < 4.78 is 5.28. The molecule has 0 atom stereocenters. The number of fused-ring (bicyclic) bond motifs is 1. The van der Waals surface area contributed by atoms with Crippen LogP contribution in [-0.2, 0) is 9.53 Å². The Morgan fingerprint density at radius 3 is 2.55 bits per heavy atom. The SMILES string of the molecule is CC(C)(C)OC(=O)CCNc1cccc2ccccc12. The van der Waals surface area contributed by atoms with Gasteiger partial charge in [0, 0.05) is 17.6 Å². The second kappa shape index (κ2) is 5.95. The van der Waals surface area contributed by atoms with Crippen LogP contribution in [0.1, 0.15) is 27.2 Å². The Morgan fingerprint density at radius 2 is 1.80 bits per heavy atom. The van der Waals surface area contributed by atoms with E-state index in [0.717, 1.165) is 5.69 Å². The van der Waals surface area contributed by atoms with Crippen molar-refractivity contribution in [3.63, 3.8) is 0 Å². The van der Waals surface area contributed by atoms with Gasteiger partial charge in [-0.15, -0.1) is 0 Å². The van der Waals surface area contributed by atoms with Gasteiger partial charge in [0.1, 0.15) is 5.60 Å². The normalized spacial score (nSPS) is 11.3. The molecule has 3 heteroatoms. The first kappa shape index (κ1) is 14.4. The summed E-state index contributed by atoms with van der Waals surface area (Å²) in [6, 6.07) is 14.3. The highest BCUT2D eigenvalue weighted by molar-refractivity contribution is 5.93. The van der Waals surface area contributed by atoms with Crippen molar-refractivity contribution in [1.82, 2.24) is 0 Å². The van der Waals surface area contributed by atoms with E-state index in [1.807, 2.05) is 45.0 Å². The van der Waals surface area contributed by atoms with Crippen molar-refractivity contribution in [1.29, 1.82) is 0 Å². The maximum atomic E-state index is 11.7. The van der Waals surface area contributed by atoms with Gasteiger partial charge in [-0.1, -0.05) is 36.4 Å². The number of hydrogen-bond donors (Lipinski definition) is 1. The van der Waals surface area contributed by atoms with Crippen molar-refractivity contribution in [2.45, 2.75) is 32.8 Å². The topological polar surface area (TPSA) is 38.3 Å². The van der Waals surface area contributed by atoms with Crippen LogP contribution in [0.25, 0.3) is 10.8 Å². The third-order valence-corrected chi connectivity index (χ3v) is 2.85. The summed E-state index contributed by atoms with van der Waals surface area (Å²) in [7, 11) is 0. The molecule has 1 N–H and O–H groups in total. The molecule has 0 spiro atoms. The second-order valence-corrected chi connectivity index (χ2v) is 5.79. The summed E-state index contributed by atoms with van der Waals surface area (Å²) in [5.74, 6) is -0.176. The number of nitrogens with one attached hydrogen (secondary N) is 1. The lowest BCUT2D eigenvalue weighted by Gasteiger charge is -2.19. The third-order valence-electron chi connectivity index (χ3n) is 2.85. The van der Waals surface area contributed by atoms with Crippen molar-refractivity contribution in [2.24, 2.45) is 0 Å². The van der Waals surface area contributed by atoms with Gasteiger partial charge in [-0.2, -0.15) is 0 Å². The average Bonchev–Trinajstić information content (AvgIpc) is 2.37. The van der Waals surface area contributed by atoms with Gasteiger partial charge in [0.25, 0.3) is 0 Å². The highest BCUT2D eigenvalue weighted by Gasteiger charge is 2.15. The number of anilines is 1. The number of hydrogen-bond acceptors (Lipinski definition) is 3. The maximum absolute atomic E-state index is 11.7. The zero-order chi connectivity index (χ0) is 14.6. The van der Waals surface area contributed by atoms with Crippen LogP contribution >= 0.6 is 0 Å². The van der Waals surface area contributed by atoms with Crippen molar-refractivity contribution in [3.05, 3.63) is 42.5 Å². The fourth-order valence-corrected chi connectivity index (χ4v) is 2.07. The molecule has 2 aromatic rings. The number of esters is 1. The molecule has 0 saturated carbocycles. The zero-order valence-corrected chi connectivity index (χ0v) is 12.3. The van der Waals surface area contributed by atoms with Crippen LogP contribution in [0, 0.1) is 0 Å². The van der Waals surface area contributed by atoms with Crippen LogP contribution in [0.2, 0.25) is 0 Å². The number of benzene rings is 2. The fraction of sp³-hybridized carbons (Fsp3) is 0.353. The van der Waals surface area contributed by atoms with E-state index in [0.29, 0.717) is 13.0 Å². The van der Waals surface area contributed by atoms with Crippen molar-refractivity contribution < 1.29 is 9.53 Å². The van der Waals surface area contributed by atoms with E-state index < -0.39 is 5.60 Å². The van der Waals surface area contributed by atoms with Crippen LogP contribution < -0.4 is 5.32 Å². The largest absolute Gasteiger partial charge is 0.460 e. The molecule has 0 aromatic heterocycles. The molecule has 0 aliphatic heterocycles. The van der Waals surface area contributed by atoms with Gasteiger partial charge < -0.3 is 10.1 Å². The lowest BCUT2D eigenvalue weighted by molar-refractivity contribution is -0.154. The van der Waals surface area contributed by atoms with E-state index in [1.165, 1.54) is 10.8 Å². The standard InChI is InChI=1S/C17H21NO2/c1-17(2,3)20-16(19)11-12-18-15-10-6-8-13-7-4-5-9-14(13)15/h4-10,18H,11-12H2,1-3H3. The van der Waals surface area contributed by atoms with E-state index in [9.17, 15) is 4.79 Å². The first-order valence-corrected chi connectivity index (χ1v) is 6.89. The Kier molecular flexibility index (Phi) is 4.28. The molecule has 2 rings (SSSR count). The minimum atomic E-state index is -0.420. The van der Waals surface area contributed by atoms with Gasteiger partial charge in [0.05, 0.1) is 6.42 Å². The molecule has 20 heavy (non-hydrogen) atoms. The van der Waals surface area contributed by atoms with Crippen molar-refractivity contribution >= 4 is 22.4 Å². The lowest BCUT2D eigenvalue weighted by atomic mass is 10.1. The molecule has 0 radical (unpaired) electrons. The Balaban J connectivity index is 1.95.